The number of hydrogen-bond donors (Lipinski definition) is 1. The lowest BCUT2D eigenvalue weighted by molar-refractivity contribution is 0.0745. The average Bonchev–Trinajstić information content (AvgIpc) is 2.34. The molecule has 1 amide bonds. The maximum absolute atomic E-state index is 12.3. The monoisotopic (exact) mass is 318 g/mol. The van der Waals surface area contributed by atoms with E-state index in [0.717, 1.165) is 0 Å². The molecule has 0 aliphatic carbocycles. The molecule has 0 unspecified atom stereocenters. The van der Waals surface area contributed by atoms with Gasteiger partial charge in [-0.3, -0.25) is 4.79 Å². The van der Waals surface area contributed by atoms with Gasteiger partial charge in [-0.2, -0.15) is 0 Å². The van der Waals surface area contributed by atoms with Crippen LogP contribution in [0.25, 0.3) is 0 Å². The van der Waals surface area contributed by atoms with Gasteiger partial charge < -0.3 is 4.90 Å². The van der Waals surface area contributed by atoms with Gasteiger partial charge in [0.25, 0.3) is 5.91 Å². The van der Waals surface area contributed by atoms with Crippen molar-refractivity contribution in [1.29, 1.82) is 0 Å². The molecule has 0 aromatic heterocycles. The highest BCUT2D eigenvalue weighted by Crippen LogP contribution is 2.22. The normalized spacial score (nSPS) is 11.7. The smallest absolute Gasteiger partial charge is 0.253 e. The molecule has 0 aliphatic rings. The second kappa shape index (κ2) is 6.56. The molecule has 1 rings (SSSR count). The van der Waals surface area contributed by atoms with Crippen molar-refractivity contribution in [3.63, 3.8) is 0 Å². The van der Waals surface area contributed by atoms with Crippen LogP contribution in [0, 0.1) is 5.92 Å². The molecule has 0 saturated heterocycles. The van der Waals surface area contributed by atoms with Crippen LogP contribution in [0.1, 0.15) is 31.1 Å². The SMILES string of the molecule is CCN(CC(C)C)C(=O)c1ccc(Cl)c(S(N)(=O)=O)c1. The number of carbonyl (C=O) groups is 1. The Kier molecular flexibility index (Phi) is 5.56. The van der Waals surface area contributed by atoms with Crippen LogP contribution in [-0.4, -0.2) is 32.3 Å². The minimum absolute atomic E-state index is 0.0101. The predicted octanol–water partition coefficient (Wildman–Crippen LogP) is 2.11. The van der Waals surface area contributed by atoms with Gasteiger partial charge in [0.1, 0.15) is 4.90 Å². The van der Waals surface area contributed by atoms with Crippen LogP contribution >= 0.6 is 11.6 Å². The standard InChI is InChI=1S/C13H19ClN2O3S/c1-4-16(8-9(2)3)13(17)10-5-6-11(14)12(7-10)20(15,18)19/h5-7,9H,4,8H2,1-3H3,(H2,15,18,19). The minimum Gasteiger partial charge on any atom is -0.339 e. The lowest BCUT2D eigenvalue weighted by Gasteiger charge is -2.23. The van der Waals surface area contributed by atoms with Gasteiger partial charge in [0, 0.05) is 18.7 Å². The van der Waals surface area contributed by atoms with E-state index in [0.29, 0.717) is 19.0 Å². The third kappa shape index (κ3) is 4.19. The summed E-state index contributed by atoms with van der Waals surface area (Å²) in [6.45, 7) is 7.03. The molecule has 1 aromatic rings. The zero-order valence-corrected chi connectivity index (χ0v) is 13.3. The summed E-state index contributed by atoms with van der Waals surface area (Å²) in [6, 6.07) is 4.10. The Labute approximate surface area is 124 Å². The molecule has 0 fully saturated rings. The number of hydrogen-bond acceptors (Lipinski definition) is 3. The molecule has 0 spiro atoms. The van der Waals surface area contributed by atoms with Gasteiger partial charge in [0.05, 0.1) is 5.02 Å². The Bertz CT molecular complexity index is 600. The number of halogens is 1. The van der Waals surface area contributed by atoms with E-state index in [1.54, 1.807) is 4.90 Å². The van der Waals surface area contributed by atoms with Crippen molar-refractivity contribution in [1.82, 2.24) is 4.90 Å². The van der Waals surface area contributed by atoms with E-state index in [1.807, 2.05) is 20.8 Å². The third-order valence-corrected chi connectivity index (χ3v) is 4.13. The van der Waals surface area contributed by atoms with Gasteiger partial charge in [-0.15, -0.1) is 0 Å². The fourth-order valence-corrected chi connectivity index (χ4v) is 2.90. The topological polar surface area (TPSA) is 80.5 Å². The summed E-state index contributed by atoms with van der Waals surface area (Å²) < 4.78 is 22.8. The van der Waals surface area contributed by atoms with E-state index in [4.69, 9.17) is 16.7 Å². The highest BCUT2D eigenvalue weighted by molar-refractivity contribution is 7.89. The summed E-state index contributed by atoms with van der Waals surface area (Å²) in [5.41, 5.74) is 0.265. The van der Waals surface area contributed by atoms with Crippen LogP contribution in [0.2, 0.25) is 5.02 Å². The van der Waals surface area contributed by atoms with Gasteiger partial charge in [-0.05, 0) is 31.0 Å². The Morgan fingerprint density at radius 2 is 2.00 bits per heavy atom. The molecule has 0 heterocycles. The summed E-state index contributed by atoms with van der Waals surface area (Å²) in [7, 11) is -3.95. The zero-order valence-electron chi connectivity index (χ0n) is 11.8. The molecule has 5 nitrogen and oxygen atoms in total. The number of sulfonamides is 1. The van der Waals surface area contributed by atoms with Crippen LogP contribution in [0.4, 0.5) is 0 Å². The van der Waals surface area contributed by atoms with Crippen molar-refractivity contribution < 1.29 is 13.2 Å². The molecule has 0 aliphatic heterocycles. The van der Waals surface area contributed by atoms with Crippen LogP contribution in [0.15, 0.2) is 23.1 Å². The largest absolute Gasteiger partial charge is 0.339 e. The molecule has 112 valence electrons. The zero-order chi connectivity index (χ0) is 15.5. The molecule has 0 bridgehead atoms. The van der Waals surface area contributed by atoms with E-state index in [-0.39, 0.29) is 21.4 Å². The Morgan fingerprint density at radius 1 is 1.40 bits per heavy atom. The average molecular weight is 319 g/mol. The second-order valence-corrected chi connectivity index (χ2v) is 6.86. The van der Waals surface area contributed by atoms with Crippen LogP contribution in [0.5, 0.6) is 0 Å². The molecular weight excluding hydrogens is 300 g/mol. The molecule has 0 saturated carbocycles. The van der Waals surface area contributed by atoms with E-state index < -0.39 is 10.0 Å². The molecular formula is C13H19ClN2O3S. The molecule has 7 heteroatoms. The number of benzene rings is 1. The maximum atomic E-state index is 12.3. The van der Waals surface area contributed by atoms with Crippen molar-refractivity contribution in [3.8, 4) is 0 Å². The molecule has 0 atom stereocenters. The summed E-state index contributed by atoms with van der Waals surface area (Å²) in [5.74, 6) is 0.0895. The lowest BCUT2D eigenvalue weighted by Crippen LogP contribution is -2.34. The highest BCUT2D eigenvalue weighted by atomic mass is 35.5. The third-order valence-electron chi connectivity index (χ3n) is 2.74. The fourth-order valence-electron chi connectivity index (χ4n) is 1.83. The van der Waals surface area contributed by atoms with Gasteiger partial charge in [0.2, 0.25) is 10.0 Å². The van der Waals surface area contributed by atoms with E-state index in [2.05, 4.69) is 0 Å². The van der Waals surface area contributed by atoms with Crippen LogP contribution < -0.4 is 5.14 Å². The van der Waals surface area contributed by atoms with E-state index in [1.165, 1.54) is 18.2 Å². The number of primary sulfonamides is 1. The van der Waals surface area contributed by atoms with Crippen molar-refractivity contribution >= 4 is 27.5 Å². The highest BCUT2D eigenvalue weighted by Gasteiger charge is 2.19. The first-order valence-electron chi connectivity index (χ1n) is 6.28. The molecule has 1 aromatic carbocycles. The Morgan fingerprint density at radius 3 is 2.45 bits per heavy atom. The minimum atomic E-state index is -3.95. The van der Waals surface area contributed by atoms with Crippen molar-refractivity contribution in [2.24, 2.45) is 11.1 Å². The summed E-state index contributed by atoms with van der Waals surface area (Å²) in [5, 5.41) is 5.09. The van der Waals surface area contributed by atoms with Crippen molar-refractivity contribution in [3.05, 3.63) is 28.8 Å². The summed E-state index contributed by atoms with van der Waals surface area (Å²) >= 11 is 5.80. The van der Waals surface area contributed by atoms with Crippen LogP contribution in [0.3, 0.4) is 0 Å². The number of carbonyl (C=O) groups excluding carboxylic acids is 1. The maximum Gasteiger partial charge on any atom is 0.253 e. The number of nitrogens with two attached hydrogens (primary N) is 1. The van der Waals surface area contributed by atoms with Crippen molar-refractivity contribution in [2.45, 2.75) is 25.7 Å². The summed E-state index contributed by atoms with van der Waals surface area (Å²) in [6.07, 6.45) is 0. The number of amides is 1. The Hall–Kier alpha value is -1.11. The predicted molar refractivity (Wildman–Crippen MR) is 79.2 cm³/mol. The molecule has 0 radical (unpaired) electrons. The lowest BCUT2D eigenvalue weighted by atomic mass is 10.1. The van der Waals surface area contributed by atoms with E-state index in [9.17, 15) is 13.2 Å². The first-order valence-corrected chi connectivity index (χ1v) is 8.20. The second-order valence-electron chi connectivity index (χ2n) is 4.93. The summed E-state index contributed by atoms with van der Waals surface area (Å²) in [4.78, 5) is 13.8. The van der Waals surface area contributed by atoms with Crippen molar-refractivity contribution in [2.75, 3.05) is 13.1 Å². The van der Waals surface area contributed by atoms with Gasteiger partial charge >= 0.3 is 0 Å². The first kappa shape index (κ1) is 16.9. The quantitative estimate of drug-likeness (QED) is 0.902. The van der Waals surface area contributed by atoms with Crippen LogP contribution in [-0.2, 0) is 10.0 Å². The van der Waals surface area contributed by atoms with E-state index >= 15 is 0 Å². The molecule has 20 heavy (non-hydrogen) atoms. The van der Waals surface area contributed by atoms with Gasteiger partial charge in [-0.25, -0.2) is 13.6 Å². The van der Waals surface area contributed by atoms with Gasteiger partial charge in [0.15, 0.2) is 0 Å². The number of rotatable bonds is 5. The Balaban J connectivity index is 3.17. The molecule has 2 N–H and O–H groups in total. The van der Waals surface area contributed by atoms with Gasteiger partial charge in [-0.1, -0.05) is 25.4 Å². The fraction of sp³-hybridized carbons (Fsp3) is 0.462. The first-order chi connectivity index (χ1) is 9.16. The number of nitrogens with zero attached hydrogens (tertiary/aromatic N) is 1.